The lowest BCUT2D eigenvalue weighted by Gasteiger charge is -2.52. The maximum atomic E-state index is 6.13. The van der Waals surface area contributed by atoms with E-state index in [0.29, 0.717) is 18.2 Å². The minimum Gasteiger partial charge on any atom is -0.381 e. The van der Waals surface area contributed by atoms with Crippen molar-refractivity contribution in [3.63, 3.8) is 0 Å². The van der Waals surface area contributed by atoms with Crippen molar-refractivity contribution in [1.82, 2.24) is 4.90 Å². The van der Waals surface area contributed by atoms with E-state index in [2.05, 4.69) is 18.7 Å². The summed E-state index contributed by atoms with van der Waals surface area (Å²) in [4.78, 5) is 2.63. The van der Waals surface area contributed by atoms with Crippen LogP contribution in [0, 0.1) is 0 Å². The highest BCUT2D eigenvalue weighted by molar-refractivity contribution is 4.99. The molecule has 0 aromatic heterocycles. The molecule has 4 heteroatoms. The number of likely N-dealkylation sites (tertiary alicyclic amines) is 1. The van der Waals surface area contributed by atoms with Crippen molar-refractivity contribution >= 4 is 0 Å². The Morgan fingerprint density at radius 3 is 2.78 bits per heavy atom. The van der Waals surface area contributed by atoms with Crippen molar-refractivity contribution in [3.05, 3.63) is 0 Å². The highest BCUT2D eigenvalue weighted by atomic mass is 16.5. The lowest BCUT2D eigenvalue weighted by atomic mass is 9.82. The molecular weight excluding hydrogens is 228 g/mol. The van der Waals surface area contributed by atoms with E-state index in [1.165, 1.54) is 0 Å². The second kappa shape index (κ2) is 5.87. The van der Waals surface area contributed by atoms with Gasteiger partial charge in [0.1, 0.15) is 0 Å². The molecule has 2 heterocycles. The highest BCUT2D eigenvalue weighted by Gasteiger charge is 2.43. The maximum absolute atomic E-state index is 6.13. The molecule has 18 heavy (non-hydrogen) atoms. The molecule has 4 nitrogen and oxygen atoms in total. The molecule has 2 aliphatic heterocycles. The van der Waals surface area contributed by atoms with Gasteiger partial charge in [0.25, 0.3) is 0 Å². The maximum Gasteiger partial charge on any atom is 0.0598 e. The fourth-order valence-electron chi connectivity index (χ4n) is 3.76. The van der Waals surface area contributed by atoms with Crippen LogP contribution in [-0.2, 0) is 9.47 Å². The Morgan fingerprint density at radius 1 is 1.44 bits per heavy atom. The first-order valence-electron chi connectivity index (χ1n) is 7.22. The van der Waals surface area contributed by atoms with Crippen molar-refractivity contribution in [2.24, 2.45) is 5.73 Å². The molecule has 0 aliphatic carbocycles. The van der Waals surface area contributed by atoms with Gasteiger partial charge in [0.05, 0.1) is 12.2 Å². The fourth-order valence-corrected chi connectivity index (χ4v) is 3.76. The van der Waals surface area contributed by atoms with Gasteiger partial charge in [0.15, 0.2) is 0 Å². The highest BCUT2D eigenvalue weighted by Crippen LogP contribution is 2.35. The summed E-state index contributed by atoms with van der Waals surface area (Å²) in [5.41, 5.74) is 6.28. The first-order chi connectivity index (χ1) is 8.61. The Kier molecular flexibility index (Phi) is 4.64. The fraction of sp³-hybridized carbons (Fsp3) is 1.00. The summed E-state index contributed by atoms with van der Waals surface area (Å²) < 4.78 is 11.2. The van der Waals surface area contributed by atoms with E-state index in [-0.39, 0.29) is 5.54 Å². The molecular formula is C14H28N2O2. The van der Waals surface area contributed by atoms with E-state index in [9.17, 15) is 0 Å². The van der Waals surface area contributed by atoms with Gasteiger partial charge in [-0.15, -0.1) is 0 Å². The minimum atomic E-state index is 0.149. The number of nitrogens with two attached hydrogens (primary N) is 1. The molecule has 0 saturated carbocycles. The Morgan fingerprint density at radius 2 is 2.22 bits per heavy atom. The lowest BCUT2D eigenvalue weighted by molar-refractivity contribution is -0.0985. The van der Waals surface area contributed by atoms with Crippen LogP contribution in [0.4, 0.5) is 0 Å². The Bertz CT molecular complexity index is 275. The standard InChI is InChI=1S/C14H28N2O2/c1-11-8-13(17-3)4-6-16(11)14(10-15)5-7-18-12(2)9-14/h11-13H,4-10,15H2,1-3H3. The SMILES string of the molecule is COC1CCN(C2(CN)CCOC(C)C2)C(C)C1. The summed E-state index contributed by atoms with van der Waals surface area (Å²) in [6.07, 6.45) is 5.12. The molecule has 2 rings (SSSR count). The Balaban J connectivity index is 2.08. The Hall–Kier alpha value is -0.160. The van der Waals surface area contributed by atoms with Crippen LogP contribution in [0.3, 0.4) is 0 Å². The second-order valence-corrected chi connectivity index (χ2v) is 5.99. The largest absolute Gasteiger partial charge is 0.381 e. The minimum absolute atomic E-state index is 0.149. The third-order valence-corrected chi connectivity index (χ3v) is 4.79. The van der Waals surface area contributed by atoms with Gasteiger partial charge >= 0.3 is 0 Å². The topological polar surface area (TPSA) is 47.7 Å². The second-order valence-electron chi connectivity index (χ2n) is 5.99. The molecule has 2 N–H and O–H groups in total. The van der Waals surface area contributed by atoms with Crippen LogP contribution in [0.1, 0.15) is 39.5 Å². The smallest absolute Gasteiger partial charge is 0.0598 e. The van der Waals surface area contributed by atoms with E-state index in [1.54, 1.807) is 0 Å². The number of nitrogens with zero attached hydrogens (tertiary/aromatic N) is 1. The van der Waals surface area contributed by atoms with Crippen LogP contribution in [0.2, 0.25) is 0 Å². The molecule has 2 fully saturated rings. The van der Waals surface area contributed by atoms with Gasteiger partial charge in [0.2, 0.25) is 0 Å². The average Bonchev–Trinajstić information content (AvgIpc) is 2.38. The van der Waals surface area contributed by atoms with Crippen molar-refractivity contribution in [3.8, 4) is 0 Å². The summed E-state index contributed by atoms with van der Waals surface area (Å²) in [6, 6.07) is 0.553. The third-order valence-electron chi connectivity index (χ3n) is 4.79. The predicted molar refractivity (Wildman–Crippen MR) is 72.6 cm³/mol. The number of methoxy groups -OCH3 is 1. The summed E-state index contributed by atoms with van der Waals surface area (Å²) in [7, 11) is 1.82. The van der Waals surface area contributed by atoms with Crippen LogP contribution in [0.25, 0.3) is 0 Å². The zero-order valence-electron chi connectivity index (χ0n) is 12.0. The number of hydrogen-bond donors (Lipinski definition) is 1. The molecule has 4 atom stereocenters. The van der Waals surface area contributed by atoms with Crippen LogP contribution in [-0.4, -0.2) is 55.5 Å². The Labute approximate surface area is 111 Å². The van der Waals surface area contributed by atoms with Gasteiger partial charge in [-0.25, -0.2) is 0 Å². The van der Waals surface area contributed by atoms with Crippen molar-refractivity contribution in [2.75, 3.05) is 26.8 Å². The number of ether oxygens (including phenoxy) is 2. The molecule has 2 saturated heterocycles. The normalized spacial score (nSPS) is 43.0. The first kappa shape index (κ1) is 14.3. The van der Waals surface area contributed by atoms with Crippen molar-refractivity contribution in [1.29, 1.82) is 0 Å². The summed E-state index contributed by atoms with van der Waals surface area (Å²) >= 11 is 0. The van der Waals surface area contributed by atoms with Crippen LogP contribution in [0.5, 0.6) is 0 Å². The molecule has 0 bridgehead atoms. The summed E-state index contributed by atoms with van der Waals surface area (Å²) in [5.74, 6) is 0. The molecule has 0 amide bonds. The average molecular weight is 256 g/mol. The van der Waals surface area contributed by atoms with E-state index in [4.69, 9.17) is 15.2 Å². The van der Waals surface area contributed by atoms with Gasteiger partial charge in [-0.1, -0.05) is 0 Å². The van der Waals surface area contributed by atoms with Gasteiger partial charge in [0, 0.05) is 38.4 Å². The third kappa shape index (κ3) is 2.72. The van der Waals surface area contributed by atoms with E-state index >= 15 is 0 Å². The van der Waals surface area contributed by atoms with Gasteiger partial charge < -0.3 is 15.2 Å². The van der Waals surface area contributed by atoms with Crippen LogP contribution in [0.15, 0.2) is 0 Å². The molecule has 0 aromatic carbocycles. The first-order valence-corrected chi connectivity index (χ1v) is 7.22. The van der Waals surface area contributed by atoms with Gasteiger partial charge in [-0.2, -0.15) is 0 Å². The summed E-state index contributed by atoms with van der Waals surface area (Å²) in [6.45, 7) is 7.15. The predicted octanol–water partition coefficient (Wildman–Crippen LogP) is 1.38. The van der Waals surface area contributed by atoms with E-state index < -0.39 is 0 Å². The molecule has 0 spiro atoms. The quantitative estimate of drug-likeness (QED) is 0.829. The summed E-state index contributed by atoms with van der Waals surface area (Å²) in [5, 5.41) is 0. The number of rotatable bonds is 3. The van der Waals surface area contributed by atoms with Crippen molar-refractivity contribution in [2.45, 2.75) is 63.3 Å². The zero-order valence-corrected chi connectivity index (χ0v) is 12.0. The lowest BCUT2D eigenvalue weighted by Crippen LogP contribution is -2.63. The molecule has 2 aliphatic rings. The molecule has 0 aromatic rings. The van der Waals surface area contributed by atoms with Crippen LogP contribution >= 0.6 is 0 Å². The van der Waals surface area contributed by atoms with Crippen LogP contribution < -0.4 is 5.73 Å². The molecule has 4 unspecified atom stereocenters. The molecule has 0 radical (unpaired) electrons. The zero-order chi connectivity index (χ0) is 13.2. The monoisotopic (exact) mass is 256 g/mol. The van der Waals surface area contributed by atoms with Gasteiger partial charge in [-0.05, 0) is 39.5 Å². The van der Waals surface area contributed by atoms with Crippen molar-refractivity contribution < 1.29 is 9.47 Å². The van der Waals surface area contributed by atoms with E-state index in [0.717, 1.165) is 45.4 Å². The number of piperidine rings is 1. The molecule has 106 valence electrons. The van der Waals surface area contributed by atoms with Gasteiger partial charge in [-0.3, -0.25) is 4.90 Å². The number of hydrogen-bond acceptors (Lipinski definition) is 4. The van der Waals surface area contributed by atoms with E-state index in [1.807, 2.05) is 7.11 Å².